The van der Waals surface area contributed by atoms with Crippen LogP contribution in [-0.2, 0) is 0 Å². The first kappa shape index (κ1) is 12.8. The number of aromatic nitrogens is 2. The SMILES string of the molecule is CN1CCN(c2ncc(F)cn2)CC12CCCCC2. The second-order valence-corrected chi connectivity index (χ2v) is 5.83. The standard InChI is InChI=1S/C14H21FN4/c1-18-7-8-19(13-16-9-12(15)10-17-13)11-14(18)5-3-2-4-6-14/h9-10H,2-8,11H2,1H3. The number of nitrogens with zero attached hydrogens (tertiary/aromatic N) is 4. The lowest BCUT2D eigenvalue weighted by molar-refractivity contribution is 0.0629. The third-order valence-electron chi connectivity index (χ3n) is 4.67. The number of rotatable bonds is 1. The second kappa shape index (κ2) is 5.04. The van der Waals surface area contributed by atoms with Gasteiger partial charge in [-0.25, -0.2) is 14.4 Å². The maximum absolute atomic E-state index is 12.9. The second-order valence-electron chi connectivity index (χ2n) is 5.83. The van der Waals surface area contributed by atoms with Gasteiger partial charge < -0.3 is 4.90 Å². The average Bonchev–Trinajstić information content (AvgIpc) is 2.44. The van der Waals surface area contributed by atoms with E-state index in [1.54, 1.807) is 0 Å². The summed E-state index contributed by atoms with van der Waals surface area (Å²) in [7, 11) is 2.23. The number of hydrogen-bond donors (Lipinski definition) is 0. The molecule has 2 fully saturated rings. The van der Waals surface area contributed by atoms with Crippen molar-refractivity contribution in [3.8, 4) is 0 Å². The molecular formula is C14H21FN4. The molecule has 2 heterocycles. The molecule has 104 valence electrons. The molecule has 5 heteroatoms. The van der Waals surface area contributed by atoms with Crippen molar-refractivity contribution in [3.05, 3.63) is 18.2 Å². The first-order valence-electron chi connectivity index (χ1n) is 7.13. The molecule has 1 aromatic heterocycles. The highest BCUT2D eigenvalue weighted by Gasteiger charge is 2.40. The Hall–Kier alpha value is -1.23. The Balaban J connectivity index is 1.79. The summed E-state index contributed by atoms with van der Waals surface area (Å²) in [5, 5.41) is 0. The molecule has 0 bridgehead atoms. The first-order valence-corrected chi connectivity index (χ1v) is 7.13. The highest BCUT2D eigenvalue weighted by Crippen LogP contribution is 2.36. The van der Waals surface area contributed by atoms with Gasteiger partial charge in [0, 0.05) is 25.2 Å². The molecule has 1 aliphatic carbocycles. The lowest BCUT2D eigenvalue weighted by atomic mass is 9.79. The van der Waals surface area contributed by atoms with E-state index in [1.165, 1.54) is 44.5 Å². The van der Waals surface area contributed by atoms with E-state index in [9.17, 15) is 4.39 Å². The summed E-state index contributed by atoms with van der Waals surface area (Å²) in [5.41, 5.74) is 0.272. The molecule has 0 unspecified atom stereocenters. The van der Waals surface area contributed by atoms with E-state index in [4.69, 9.17) is 0 Å². The summed E-state index contributed by atoms with van der Waals surface area (Å²) in [6.07, 6.45) is 8.98. The van der Waals surface area contributed by atoms with Crippen molar-refractivity contribution < 1.29 is 4.39 Å². The Bertz CT molecular complexity index is 428. The predicted molar refractivity (Wildman–Crippen MR) is 72.6 cm³/mol. The van der Waals surface area contributed by atoms with E-state index in [0.717, 1.165) is 19.6 Å². The summed E-state index contributed by atoms with van der Waals surface area (Å²) in [4.78, 5) is 13.0. The molecule has 0 radical (unpaired) electrons. The largest absolute Gasteiger partial charge is 0.338 e. The van der Waals surface area contributed by atoms with Crippen LogP contribution < -0.4 is 4.90 Å². The number of hydrogen-bond acceptors (Lipinski definition) is 4. The fourth-order valence-electron chi connectivity index (χ4n) is 3.45. The normalized spacial score (nSPS) is 23.8. The van der Waals surface area contributed by atoms with Gasteiger partial charge in [0.15, 0.2) is 5.82 Å². The van der Waals surface area contributed by atoms with Crippen LogP contribution in [0.1, 0.15) is 32.1 Å². The van der Waals surface area contributed by atoms with E-state index in [0.29, 0.717) is 5.95 Å². The Labute approximate surface area is 113 Å². The highest BCUT2D eigenvalue weighted by atomic mass is 19.1. The van der Waals surface area contributed by atoms with Gasteiger partial charge in [0.2, 0.25) is 5.95 Å². The van der Waals surface area contributed by atoms with Crippen LogP contribution in [0.4, 0.5) is 10.3 Å². The Morgan fingerprint density at radius 2 is 1.79 bits per heavy atom. The molecule has 0 N–H and O–H groups in total. The smallest absolute Gasteiger partial charge is 0.225 e. The minimum absolute atomic E-state index is 0.272. The summed E-state index contributed by atoms with van der Waals surface area (Å²) < 4.78 is 12.9. The van der Waals surface area contributed by atoms with Gasteiger partial charge >= 0.3 is 0 Å². The molecule has 1 aliphatic heterocycles. The molecule has 2 aliphatic rings. The van der Waals surface area contributed by atoms with Crippen molar-refractivity contribution in [2.75, 3.05) is 31.6 Å². The minimum atomic E-state index is -0.370. The Morgan fingerprint density at radius 3 is 2.47 bits per heavy atom. The van der Waals surface area contributed by atoms with Gasteiger partial charge in [-0.3, -0.25) is 4.90 Å². The zero-order chi connectivity index (χ0) is 13.3. The first-order chi connectivity index (χ1) is 9.20. The van der Waals surface area contributed by atoms with Crippen LogP contribution in [0.25, 0.3) is 0 Å². The molecule has 19 heavy (non-hydrogen) atoms. The number of likely N-dealkylation sites (N-methyl/N-ethyl adjacent to an activating group) is 1. The number of halogens is 1. The van der Waals surface area contributed by atoms with Gasteiger partial charge in [-0.1, -0.05) is 19.3 Å². The van der Waals surface area contributed by atoms with Crippen molar-refractivity contribution >= 4 is 5.95 Å². The lowest BCUT2D eigenvalue weighted by Crippen LogP contribution is -2.62. The van der Waals surface area contributed by atoms with Crippen molar-refractivity contribution in [2.45, 2.75) is 37.6 Å². The van der Waals surface area contributed by atoms with Crippen LogP contribution in [0.5, 0.6) is 0 Å². The van der Waals surface area contributed by atoms with Crippen molar-refractivity contribution in [2.24, 2.45) is 0 Å². The summed E-state index contributed by atoms with van der Waals surface area (Å²) in [5.74, 6) is 0.296. The van der Waals surface area contributed by atoms with Crippen molar-refractivity contribution in [1.82, 2.24) is 14.9 Å². The molecule has 0 aromatic carbocycles. The number of piperazine rings is 1. The molecule has 1 saturated carbocycles. The van der Waals surface area contributed by atoms with Crippen LogP contribution >= 0.6 is 0 Å². The van der Waals surface area contributed by atoms with Crippen LogP contribution in [0.2, 0.25) is 0 Å². The van der Waals surface area contributed by atoms with E-state index in [1.807, 2.05) is 0 Å². The van der Waals surface area contributed by atoms with Crippen LogP contribution in [0.3, 0.4) is 0 Å². The van der Waals surface area contributed by atoms with Crippen LogP contribution in [0, 0.1) is 5.82 Å². The average molecular weight is 264 g/mol. The van der Waals surface area contributed by atoms with Crippen LogP contribution in [-0.4, -0.2) is 47.1 Å². The fraction of sp³-hybridized carbons (Fsp3) is 0.714. The highest BCUT2D eigenvalue weighted by molar-refractivity contribution is 5.31. The quantitative estimate of drug-likeness (QED) is 0.777. The molecule has 1 spiro atoms. The molecule has 3 rings (SSSR count). The van der Waals surface area contributed by atoms with Gasteiger partial charge in [0.05, 0.1) is 12.4 Å². The fourth-order valence-corrected chi connectivity index (χ4v) is 3.45. The topological polar surface area (TPSA) is 32.3 Å². The van der Waals surface area contributed by atoms with E-state index >= 15 is 0 Å². The summed E-state index contributed by atoms with van der Waals surface area (Å²) in [6, 6.07) is 0. The third-order valence-corrected chi connectivity index (χ3v) is 4.67. The van der Waals surface area contributed by atoms with Gasteiger partial charge in [-0.2, -0.15) is 0 Å². The number of anilines is 1. The van der Waals surface area contributed by atoms with Crippen LogP contribution in [0.15, 0.2) is 12.4 Å². The molecule has 0 amide bonds. The molecule has 0 atom stereocenters. The summed E-state index contributed by atoms with van der Waals surface area (Å²) in [6.45, 7) is 2.92. The zero-order valence-electron chi connectivity index (χ0n) is 11.5. The Kier molecular flexibility index (Phi) is 3.39. The van der Waals surface area contributed by atoms with E-state index < -0.39 is 0 Å². The monoisotopic (exact) mass is 264 g/mol. The van der Waals surface area contributed by atoms with Gasteiger partial charge in [-0.15, -0.1) is 0 Å². The zero-order valence-corrected chi connectivity index (χ0v) is 11.5. The maximum atomic E-state index is 12.9. The van der Waals surface area contributed by atoms with E-state index in [2.05, 4.69) is 26.8 Å². The molecule has 4 nitrogen and oxygen atoms in total. The summed E-state index contributed by atoms with van der Waals surface area (Å²) >= 11 is 0. The van der Waals surface area contributed by atoms with Gasteiger partial charge in [0.1, 0.15) is 0 Å². The Morgan fingerprint density at radius 1 is 1.11 bits per heavy atom. The molecular weight excluding hydrogens is 243 g/mol. The van der Waals surface area contributed by atoms with Crippen molar-refractivity contribution in [3.63, 3.8) is 0 Å². The lowest BCUT2D eigenvalue weighted by Gasteiger charge is -2.51. The van der Waals surface area contributed by atoms with E-state index in [-0.39, 0.29) is 11.4 Å². The van der Waals surface area contributed by atoms with Gasteiger partial charge in [-0.05, 0) is 19.9 Å². The molecule has 1 aromatic rings. The maximum Gasteiger partial charge on any atom is 0.225 e. The van der Waals surface area contributed by atoms with Crippen molar-refractivity contribution in [1.29, 1.82) is 0 Å². The third kappa shape index (κ3) is 2.43. The molecule has 1 saturated heterocycles. The predicted octanol–water partition coefficient (Wildman–Crippen LogP) is 2.07. The van der Waals surface area contributed by atoms with Gasteiger partial charge in [0.25, 0.3) is 0 Å². The minimum Gasteiger partial charge on any atom is -0.338 e.